The molecule has 0 bridgehead atoms. The topological polar surface area (TPSA) is 72.9 Å². The molecule has 114 valence electrons. The van der Waals surface area contributed by atoms with Gasteiger partial charge in [-0.05, 0) is 31.0 Å². The molecule has 1 aliphatic rings. The molecule has 0 aliphatic carbocycles. The zero-order chi connectivity index (χ0) is 15.4. The second kappa shape index (κ2) is 6.58. The number of benzene rings is 1. The average Bonchev–Trinajstić information content (AvgIpc) is 2.44. The van der Waals surface area contributed by atoms with Crippen molar-refractivity contribution < 1.29 is 14.7 Å². The van der Waals surface area contributed by atoms with Gasteiger partial charge in [0, 0.05) is 31.9 Å². The Morgan fingerprint density at radius 1 is 1.19 bits per heavy atom. The van der Waals surface area contributed by atoms with E-state index in [0.717, 1.165) is 16.8 Å². The summed E-state index contributed by atoms with van der Waals surface area (Å²) in [5.41, 5.74) is 3.03. The molecule has 1 aliphatic heterocycles. The van der Waals surface area contributed by atoms with E-state index in [0.29, 0.717) is 26.2 Å². The molecule has 1 heterocycles. The maximum atomic E-state index is 12.2. The van der Waals surface area contributed by atoms with E-state index in [-0.39, 0.29) is 12.6 Å². The van der Waals surface area contributed by atoms with Gasteiger partial charge >= 0.3 is 12.0 Å². The molecule has 2 amide bonds. The summed E-state index contributed by atoms with van der Waals surface area (Å²) in [7, 11) is 0. The molecule has 1 aromatic carbocycles. The number of aliphatic carboxylic acids is 1. The van der Waals surface area contributed by atoms with Crippen molar-refractivity contribution in [2.24, 2.45) is 0 Å². The first-order valence-corrected chi connectivity index (χ1v) is 7.03. The van der Waals surface area contributed by atoms with Crippen LogP contribution in [0.5, 0.6) is 0 Å². The van der Waals surface area contributed by atoms with Gasteiger partial charge in [-0.15, -0.1) is 0 Å². The minimum atomic E-state index is -0.830. The standard InChI is InChI=1S/C15H21N3O3/c1-11-4-3-5-13(12(11)2)16-15(21)18-8-6-17(7-9-18)10-14(19)20/h3-5H,6-10H2,1-2H3,(H,16,21)(H,19,20). The van der Waals surface area contributed by atoms with Crippen LogP contribution < -0.4 is 5.32 Å². The van der Waals surface area contributed by atoms with Crippen LogP contribution in [0.15, 0.2) is 18.2 Å². The van der Waals surface area contributed by atoms with E-state index < -0.39 is 5.97 Å². The lowest BCUT2D eigenvalue weighted by atomic mass is 10.1. The number of anilines is 1. The Balaban J connectivity index is 1.90. The lowest BCUT2D eigenvalue weighted by Gasteiger charge is -2.33. The van der Waals surface area contributed by atoms with Crippen LogP contribution in [0.1, 0.15) is 11.1 Å². The number of piperazine rings is 1. The molecule has 21 heavy (non-hydrogen) atoms. The molecule has 6 nitrogen and oxygen atoms in total. The van der Waals surface area contributed by atoms with E-state index in [2.05, 4.69) is 5.32 Å². The summed E-state index contributed by atoms with van der Waals surface area (Å²) < 4.78 is 0. The summed E-state index contributed by atoms with van der Waals surface area (Å²) in [5.74, 6) is -0.830. The molecule has 1 aromatic rings. The highest BCUT2D eigenvalue weighted by atomic mass is 16.4. The van der Waals surface area contributed by atoms with Crippen LogP contribution in [0, 0.1) is 13.8 Å². The molecule has 0 saturated carbocycles. The second-order valence-electron chi connectivity index (χ2n) is 5.33. The first-order valence-electron chi connectivity index (χ1n) is 7.03. The largest absolute Gasteiger partial charge is 0.480 e. The predicted octanol–water partition coefficient (Wildman–Crippen LogP) is 1.54. The minimum absolute atomic E-state index is 0.0342. The van der Waals surface area contributed by atoms with Crippen molar-refractivity contribution in [3.63, 3.8) is 0 Å². The third-order valence-corrected chi connectivity index (χ3v) is 3.86. The summed E-state index contributed by atoms with van der Waals surface area (Å²) >= 11 is 0. The van der Waals surface area contributed by atoms with Gasteiger partial charge in [-0.2, -0.15) is 0 Å². The summed E-state index contributed by atoms with van der Waals surface area (Å²) in [6, 6.07) is 5.69. The number of rotatable bonds is 3. The van der Waals surface area contributed by atoms with E-state index >= 15 is 0 Å². The summed E-state index contributed by atoms with van der Waals surface area (Å²) in [4.78, 5) is 26.5. The van der Waals surface area contributed by atoms with Gasteiger partial charge in [0.1, 0.15) is 0 Å². The SMILES string of the molecule is Cc1cccc(NC(=O)N2CCN(CC(=O)O)CC2)c1C. The fourth-order valence-electron chi connectivity index (χ4n) is 2.38. The molecule has 0 aromatic heterocycles. The van der Waals surface area contributed by atoms with Crippen molar-refractivity contribution in [2.45, 2.75) is 13.8 Å². The third-order valence-electron chi connectivity index (χ3n) is 3.86. The van der Waals surface area contributed by atoms with Crippen molar-refractivity contribution in [3.8, 4) is 0 Å². The summed E-state index contributed by atoms with van der Waals surface area (Å²) in [6.07, 6.45) is 0. The quantitative estimate of drug-likeness (QED) is 0.886. The average molecular weight is 291 g/mol. The van der Waals surface area contributed by atoms with Gasteiger partial charge in [-0.1, -0.05) is 12.1 Å². The highest BCUT2D eigenvalue weighted by Crippen LogP contribution is 2.18. The van der Waals surface area contributed by atoms with Gasteiger partial charge in [-0.3, -0.25) is 9.69 Å². The normalized spacial score (nSPS) is 15.8. The van der Waals surface area contributed by atoms with Crippen molar-refractivity contribution in [2.75, 3.05) is 38.0 Å². The first kappa shape index (κ1) is 15.3. The van der Waals surface area contributed by atoms with Crippen LogP contribution in [0.4, 0.5) is 10.5 Å². The smallest absolute Gasteiger partial charge is 0.321 e. The van der Waals surface area contributed by atoms with Gasteiger partial charge in [0.2, 0.25) is 0 Å². The van der Waals surface area contributed by atoms with Gasteiger partial charge in [0.25, 0.3) is 0 Å². The Morgan fingerprint density at radius 2 is 1.86 bits per heavy atom. The lowest BCUT2D eigenvalue weighted by Crippen LogP contribution is -2.51. The third kappa shape index (κ3) is 3.95. The molecule has 6 heteroatoms. The number of aryl methyl sites for hydroxylation is 1. The number of carboxylic acid groups (broad SMARTS) is 1. The monoisotopic (exact) mass is 291 g/mol. The highest BCUT2D eigenvalue weighted by molar-refractivity contribution is 5.90. The van der Waals surface area contributed by atoms with Crippen molar-refractivity contribution >= 4 is 17.7 Å². The summed E-state index contributed by atoms with van der Waals surface area (Å²) in [6.45, 7) is 6.30. The van der Waals surface area contributed by atoms with E-state index in [1.165, 1.54) is 0 Å². The fourth-order valence-corrected chi connectivity index (χ4v) is 2.38. The van der Waals surface area contributed by atoms with Crippen LogP contribution in [0.3, 0.4) is 0 Å². The number of urea groups is 1. The van der Waals surface area contributed by atoms with Gasteiger partial charge in [-0.25, -0.2) is 4.79 Å². The predicted molar refractivity (Wildman–Crippen MR) is 80.6 cm³/mol. The molecule has 0 atom stereocenters. The fraction of sp³-hybridized carbons (Fsp3) is 0.467. The zero-order valence-corrected chi connectivity index (χ0v) is 12.4. The Hall–Kier alpha value is -2.08. The molecule has 0 spiro atoms. The number of nitrogens with one attached hydrogen (secondary N) is 1. The maximum absolute atomic E-state index is 12.2. The van der Waals surface area contributed by atoms with Crippen LogP contribution >= 0.6 is 0 Å². The zero-order valence-electron chi connectivity index (χ0n) is 12.4. The lowest BCUT2D eigenvalue weighted by molar-refractivity contribution is -0.138. The Bertz CT molecular complexity index is 537. The molecule has 1 saturated heterocycles. The molecule has 2 rings (SSSR count). The molecular weight excluding hydrogens is 270 g/mol. The Labute approximate surface area is 124 Å². The van der Waals surface area contributed by atoms with E-state index in [1.807, 2.05) is 36.9 Å². The second-order valence-corrected chi connectivity index (χ2v) is 5.33. The van der Waals surface area contributed by atoms with Crippen LogP contribution in [0.2, 0.25) is 0 Å². The van der Waals surface area contributed by atoms with Crippen molar-refractivity contribution in [1.82, 2.24) is 9.80 Å². The van der Waals surface area contributed by atoms with E-state index in [1.54, 1.807) is 4.90 Å². The van der Waals surface area contributed by atoms with Gasteiger partial charge < -0.3 is 15.3 Å². The van der Waals surface area contributed by atoms with Crippen molar-refractivity contribution in [3.05, 3.63) is 29.3 Å². The number of nitrogens with zero attached hydrogens (tertiary/aromatic N) is 2. The molecule has 1 fully saturated rings. The number of hydrogen-bond donors (Lipinski definition) is 2. The molecule has 0 unspecified atom stereocenters. The number of carboxylic acids is 1. The number of carbonyl (C=O) groups excluding carboxylic acids is 1. The van der Waals surface area contributed by atoms with Gasteiger partial charge in [0.15, 0.2) is 0 Å². The number of hydrogen-bond acceptors (Lipinski definition) is 3. The highest BCUT2D eigenvalue weighted by Gasteiger charge is 2.22. The minimum Gasteiger partial charge on any atom is -0.480 e. The van der Waals surface area contributed by atoms with Crippen LogP contribution in [-0.4, -0.2) is 59.6 Å². The molecule has 0 radical (unpaired) electrons. The Morgan fingerprint density at radius 3 is 2.48 bits per heavy atom. The van der Waals surface area contributed by atoms with Crippen LogP contribution in [-0.2, 0) is 4.79 Å². The summed E-state index contributed by atoms with van der Waals surface area (Å²) in [5, 5.41) is 11.7. The van der Waals surface area contributed by atoms with Gasteiger partial charge in [0.05, 0.1) is 6.54 Å². The number of amides is 2. The van der Waals surface area contributed by atoms with Crippen LogP contribution in [0.25, 0.3) is 0 Å². The Kier molecular flexibility index (Phi) is 4.80. The maximum Gasteiger partial charge on any atom is 0.321 e. The van der Waals surface area contributed by atoms with E-state index in [4.69, 9.17) is 5.11 Å². The molecule has 2 N–H and O–H groups in total. The molecular formula is C15H21N3O3. The first-order chi connectivity index (χ1) is 9.97. The van der Waals surface area contributed by atoms with Crippen molar-refractivity contribution in [1.29, 1.82) is 0 Å². The number of carbonyl (C=O) groups is 2. The van der Waals surface area contributed by atoms with E-state index in [9.17, 15) is 9.59 Å².